The van der Waals surface area contributed by atoms with Crippen molar-refractivity contribution in [3.05, 3.63) is 22.0 Å². The Morgan fingerprint density at radius 3 is 2.73 bits per heavy atom. The Morgan fingerprint density at radius 1 is 1.27 bits per heavy atom. The molecule has 3 aromatic rings. The molecule has 1 atom stereocenters. The molecule has 0 fully saturated rings. The number of fused-ring (bicyclic) bond motifs is 2. The van der Waals surface area contributed by atoms with E-state index in [1.165, 1.54) is 6.33 Å². The molecule has 0 saturated carbocycles. The van der Waals surface area contributed by atoms with E-state index >= 15 is 0 Å². The maximum atomic E-state index is 6.04. The summed E-state index contributed by atoms with van der Waals surface area (Å²) in [6.07, 6.45) is 2.44. The smallest absolute Gasteiger partial charge is 0.231 e. The van der Waals surface area contributed by atoms with E-state index in [4.69, 9.17) is 20.2 Å². The second kappa shape index (κ2) is 11.5. The molecule has 1 unspecified atom stereocenters. The van der Waals surface area contributed by atoms with Crippen molar-refractivity contribution in [2.75, 3.05) is 19.1 Å². The number of hydrogen-bond donors (Lipinski definition) is 2. The van der Waals surface area contributed by atoms with Gasteiger partial charge in [0, 0.05) is 52.2 Å². The molecular weight excluding hydrogens is 760 g/mol. The number of imidazole rings is 1. The number of nitrogen functional groups attached to an aromatic ring is 1. The van der Waals surface area contributed by atoms with Gasteiger partial charge in [-0.25, -0.2) is 15.0 Å². The first-order valence-corrected chi connectivity index (χ1v) is 10.9. The van der Waals surface area contributed by atoms with Gasteiger partial charge in [0.15, 0.2) is 33.6 Å². The van der Waals surface area contributed by atoms with Gasteiger partial charge in [0.05, 0.1) is 0 Å². The molecule has 2 aromatic heterocycles. The molecule has 0 radical (unpaired) electrons. The van der Waals surface area contributed by atoms with Gasteiger partial charge in [-0.3, -0.25) is 0 Å². The standard InChI is InChI=1S/C18H21IN6O2S.H3P.U/c1-10(2)21-4-3-5-25-17-15(16(20)22-8-23-17)24-18(25)28-14-7-13-12(6-11(14)19)26-9-27-13;;/h6-8,10,21H,3-5,9H2,1-2H3,(H2,20,22,23);1H3;. The van der Waals surface area contributed by atoms with Crippen molar-refractivity contribution in [1.82, 2.24) is 24.8 Å². The maximum Gasteiger partial charge on any atom is 0.231 e. The molecule has 4 rings (SSSR count). The van der Waals surface area contributed by atoms with Gasteiger partial charge < -0.3 is 25.1 Å². The Morgan fingerprint density at radius 2 is 2.00 bits per heavy atom. The summed E-state index contributed by atoms with van der Waals surface area (Å²) in [4.78, 5) is 14.3. The topological polar surface area (TPSA) is 100 Å². The summed E-state index contributed by atoms with van der Waals surface area (Å²) in [5, 5.41) is 4.28. The number of benzene rings is 1. The largest absolute Gasteiger partial charge is 0.454 e. The maximum absolute atomic E-state index is 6.04. The number of rotatable bonds is 7. The van der Waals surface area contributed by atoms with Gasteiger partial charge in [-0.1, -0.05) is 25.6 Å². The predicted molar refractivity (Wildman–Crippen MR) is 128 cm³/mol. The van der Waals surface area contributed by atoms with Crippen molar-refractivity contribution in [3.8, 4) is 11.5 Å². The van der Waals surface area contributed by atoms with Gasteiger partial charge in [0.1, 0.15) is 6.33 Å². The zero-order chi connectivity index (χ0) is 19.7. The zero-order valence-electron chi connectivity index (χ0n) is 16.8. The monoisotopic (exact) mass is 784 g/mol. The Bertz CT molecular complexity index is 1020. The van der Waals surface area contributed by atoms with Crippen LogP contribution in [0.3, 0.4) is 0 Å². The molecule has 0 aliphatic carbocycles. The van der Waals surface area contributed by atoms with Gasteiger partial charge in [0.2, 0.25) is 6.79 Å². The summed E-state index contributed by atoms with van der Waals surface area (Å²) >= 11 is 3.87. The summed E-state index contributed by atoms with van der Waals surface area (Å²) in [7, 11) is 0. The predicted octanol–water partition coefficient (Wildman–Crippen LogP) is 3.34. The van der Waals surface area contributed by atoms with Gasteiger partial charge in [-0.05, 0) is 47.7 Å². The number of halogens is 1. The number of aromatic nitrogens is 4. The molecule has 0 spiro atoms. The van der Waals surface area contributed by atoms with E-state index in [2.05, 4.69) is 56.3 Å². The molecular formula is C18H24IN6O2PSU. The van der Waals surface area contributed by atoms with Crippen molar-refractivity contribution < 1.29 is 40.6 Å². The van der Waals surface area contributed by atoms with Crippen LogP contribution in [-0.4, -0.2) is 38.9 Å². The van der Waals surface area contributed by atoms with Crippen molar-refractivity contribution in [2.45, 2.75) is 42.9 Å². The number of ether oxygens (including phenoxy) is 2. The molecule has 3 N–H and O–H groups in total. The second-order valence-electron chi connectivity index (χ2n) is 6.68. The van der Waals surface area contributed by atoms with E-state index in [1.807, 2.05) is 12.1 Å². The molecule has 0 bridgehead atoms. The van der Waals surface area contributed by atoms with E-state index in [0.717, 1.165) is 50.3 Å². The van der Waals surface area contributed by atoms with Gasteiger partial charge in [-0.15, -0.1) is 0 Å². The minimum Gasteiger partial charge on any atom is -0.454 e. The van der Waals surface area contributed by atoms with E-state index in [0.29, 0.717) is 17.4 Å². The van der Waals surface area contributed by atoms with E-state index < -0.39 is 0 Å². The SMILES string of the molecule is CC(C)NCCCn1c(Sc2cc3c(cc2I)OCO3)nc2c(N)ncnc21.P.[U]. The molecule has 0 amide bonds. The Hall–Kier alpha value is -0.308. The first-order chi connectivity index (χ1) is 13.5. The first kappa shape index (κ1) is 25.9. The molecule has 1 aromatic carbocycles. The number of nitrogens with two attached hydrogens (primary N) is 1. The minimum atomic E-state index is 0. The third kappa shape index (κ3) is 5.73. The molecule has 1 aliphatic rings. The van der Waals surface area contributed by atoms with E-state index in [1.54, 1.807) is 11.8 Å². The second-order valence-corrected chi connectivity index (χ2v) is 8.85. The number of nitrogens with zero attached hydrogens (tertiary/aromatic N) is 4. The molecule has 12 heteroatoms. The Labute approximate surface area is 220 Å². The number of anilines is 1. The van der Waals surface area contributed by atoms with Crippen LogP contribution in [-0.2, 0) is 6.54 Å². The van der Waals surface area contributed by atoms with Crippen molar-refractivity contribution in [3.63, 3.8) is 0 Å². The van der Waals surface area contributed by atoms with Crippen LogP contribution in [0.25, 0.3) is 11.2 Å². The molecule has 8 nitrogen and oxygen atoms in total. The summed E-state index contributed by atoms with van der Waals surface area (Å²) in [6.45, 7) is 6.25. The minimum absolute atomic E-state index is 0. The van der Waals surface area contributed by atoms with Gasteiger partial charge in [0.25, 0.3) is 0 Å². The Balaban J connectivity index is 0.00000160. The van der Waals surface area contributed by atoms with E-state index in [9.17, 15) is 0 Å². The van der Waals surface area contributed by atoms with Crippen LogP contribution in [0.4, 0.5) is 5.82 Å². The van der Waals surface area contributed by atoms with Crippen LogP contribution in [0.5, 0.6) is 11.5 Å². The van der Waals surface area contributed by atoms with Gasteiger partial charge in [-0.2, -0.15) is 9.90 Å². The zero-order valence-corrected chi connectivity index (χ0v) is 25.4. The summed E-state index contributed by atoms with van der Waals surface area (Å²) in [5.41, 5.74) is 7.44. The molecule has 3 heterocycles. The van der Waals surface area contributed by atoms with Crippen LogP contribution < -0.4 is 20.5 Å². The average Bonchev–Trinajstić information content (AvgIpc) is 3.24. The normalized spacial score (nSPS) is 12.1. The van der Waals surface area contributed by atoms with Crippen LogP contribution in [0.2, 0.25) is 0 Å². The number of nitrogens with one attached hydrogen (secondary N) is 1. The number of hydrogen-bond acceptors (Lipinski definition) is 8. The van der Waals surface area contributed by atoms with Crippen LogP contribution >= 0.6 is 44.3 Å². The van der Waals surface area contributed by atoms with Crippen LogP contribution in [0, 0.1) is 34.7 Å². The molecule has 0 saturated heterocycles. The fraction of sp³-hybridized carbons (Fsp3) is 0.389. The molecule has 1 aliphatic heterocycles. The summed E-state index contributed by atoms with van der Waals surface area (Å²) in [5.74, 6) is 1.93. The third-order valence-electron chi connectivity index (χ3n) is 4.26. The number of aryl methyl sites for hydroxylation is 1. The summed E-state index contributed by atoms with van der Waals surface area (Å²) in [6, 6.07) is 4.44. The average molecular weight is 784 g/mol. The van der Waals surface area contributed by atoms with Crippen molar-refractivity contribution >= 4 is 61.2 Å². The third-order valence-corrected chi connectivity index (χ3v) is 6.58. The summed E-state index contributed by atoms with van der Waals surface area (Å²) < 4.78 is 14.2. The quantitative estimate of drug-likeness (QED) is 0.214. The first-order valence-electron chi connectivity index (χ1n) is 9.00. The fourth-order valence-electron chi connectivity index (χ4n) is 2.92. The van der Waals surface area contributed by atoms with Crippen LogP contribution in [0.1, 0.15) is 20.3 Å². The van der Waals surface area contributed by atoms with Crippen molar-refractivity contribution in [1.29, 1.82) is 0 Å². The van der Waals surface area contributed by atoms with Crippen LogP contribution in [0.15, 0.2) is 28.5 Å². The van der Waals surface area contributed by atoms with Gasteiger partial charge >= 0.3 is 0 Å². The molecule has 30 heavy (non-hydrogen) atoms. The molecule has 160 valence electrons. The fourth-order valence-corrected chi connectivity index (χ4v) is 4.63. The van der Waals surface area contributed by atoms with E-state index in [-0.39, 0.29) is 47.8 Å². The van der Waals surface area contributed by atoms with Crippen molar-refractivity contribution in [2.24, 2.45) is 0 Å². The Kier molecular flexibility index (Phi) is 9.97.